The number of aliphatic hydroxyl groups is 1. The Morgan fingerprint density at radius 2 is 2.10 bits per heavy atom. The zero-order valence-electron chi connectivity index (χ0n) is 11.6. The molecule has 0 aliphatic carbocycles. The molecule has 1 aromatic carbocycles. The molecule has 1 aromatic heterocycles. The van der Waals surface area contributed by atoms with Crippen LogP contribution < -0.4 is 5.32 Å². The van der Waals surface area contributed by atoms with Gasteiger partial charge in [0.2, 0.25) is 0 Å². The molecule has 6 nitrogen and oxygen atoms in total. The molecule has 106 valence electrons. The molecule has 0 saturated carbocycles. The predicted octanol–water partition coefficient (Wildman–Crippen LogP) is 1.08. The van der Waals surface area contributed by atoms with Crippen LogP contribution in [-0.4, -0.2) is 38.7 Å². The Morgan fingerprint density at radius 1 is 1.40 bits per heavy atom. The van der Waals surface area contributed by atoms with Crippen LogP contribution >= 0.6 is 0 Å². The molecule has 0 aliphatic rings. The molecule has 1 heterocycles. The molecule has 0 radical (unpaired) electrons. The smallest absolute Gasteiger partial charge is 0.273 e. The number of aliphatic hydroxyl groups excluding tert-OH is 1. The van der Waals surface area contributed by atoms with E-state index in [1.165, 1.54) is 0 Å². The molecule has 1 unspecified atom stereocenters. The van der Waals surface area contributed by atoms with Gasteiger partial charge in [-0.25, -0.2) is 4.68 Å². The highest BCUT2D eigenvalue weighted by atomic mass is 16.3. The fraction of sp³-hybridized carbons (Fsp3) is 0.357. The highest BCUT2D eigenvalue weighted by molar-refractivity contribution is 5.91. The van der Waals surface area contributed by atoms with E-state index >= 15 is 0 Å². The van der Waals surface area contributed by atoms with Gasteiger partial charge >= 0.3 is 0 Å². The molecule has 2 rings (SSSR count). The van der Waals surface area contributed by atoms with E-state index in [-0.39, 0.29) is 11.6 Å². The minimum absolute atomic E-state index is 0.260. The average molecular weight is 274 g/mol. The first-order chi connectivity index (χ1) is 9.56. The van der Waals surface area contributed by atoms with E-state index in [4.69, 9.17) is 5.11 Å². The van der Waals surface area contributed by atoms with Crippen molar-refractivity contribution in [1.29, 1.82) is 0 Å². The first kappa shape index (κ1) is 14.2. The molecular formula is C14H18N4O2. The second-order valence-electron chi connectivity index (χ2n) is 4.78. The summed E-state index contributed by atoms with van der Waals surface area (Å²) < 4.78 is 1.56. The summed E-state index contributed by atoms with van der Waals surface area (Å²) in [4.78, 5) is 11.8. The first-order valence-electron chi connectivity index (χ1n) is 6.52. The number of aromatic nitrogens is 3. The first-order valence-corrected chi connectivity index (χ1v) is 6.52. The van der Waals surface area contributed by atoms with Crippen molar-refractivity contribution in [3.8, 4) is 5.69 Å². The van der Waals surface area contributed by atoms with Crippen LogP contribution in [0.1, 0.15) is 29.4 Å². The Morgan fingerprint density at radius 3 is 2.75 bits per heavy atom. The third-order valence-electron chi connectivity index (χ3n) is 2.87. The summed E-state index contributed by atoms with van der Waals surface area (Å²) in [5.74, 6) is -0.288. The number of benzene rings is 1. The van der Waals surface area contributed by atoms with Crippen molar-refractivity contribution in [2.75, 3.05) is 6.54 Å². The second kappa shape index (κ2) is 6.29. The van der Waals surface area contributed by atoms with Gasteiger partial charge in [-0.15, -0.1) is 5.10 Å². The maximum atomic E-state index is 11.8. The summed E-state index contributed by atoms with van der Waals surface area (Å²) in [5.41, 5.74) is 2.27. The largest absolute Gasteiger partial charge is 0.393 e. The molecule has 20 heavy (non-hydrogen) atoms. The lowest BCUT2D eigenvalue weighted by atomic mass is 10.2. The third-order valence-corrected chi connectivity index (χ3v) is 2.87. The predicted molar refractivity (Wildman–Crippen MR) is 74.7 cm³/mol. The van der Waals surface area contributed by atoms with Crippen molar-refractivity contribution in [2.45, 2.75) is 26.4 Å². The normalized spacial score (nSPS) is 12.2. The maximum absolute atomic E-state index is 11.8. The van der Waals surface area contributed by atoms with Gasteiger partial charge < -0.3 is 10.4 Å². The molecule has 6 heteroatoms. The molecular weight excluding hydrogens is 256 g/mol. The van der Waals surface area contributed by atoms with E-state index in [1.54, 1.807) is 17.8 Å². The van der Waals surface area contributed by atoms with E-state index in [1.807, 2.05) is 31.2 Å². The molecule has 1 amide bonds. The number of amides is 1. The van der Waals surface area contributed by atoms with Crippen molar-refractivity contribution < 1.29 is 9.90 Å². The van der Waals surface area contributed by atoms with Crippen LogP contribution in [0.5, 0.6) is 0 Å². The monoisotopic (exact) mass is 274 g/mol. The Labute approximate surface area is 117 Å². The van der Waals surface area contributed by atoms with E-state index in [0.29, 0.717) is 13.0 Å². The average Bonchev–Trinajstić information content (AvgIpc) is 2.88. The lowest BCUT2D eigenvalue weighted by Crippen LogP contribution is -2.26. The van der Waals surface area contributed by atoms with Crippen LogP contribution in [0.15, 0.2) is 30.5 Å². The van der Waals surface area contributed by atoms with Crippen molar-refractivity contribution in [3.63, 3.8) is 0 Å². The SMILES string of the molecule is Cc1ccc(-n2cc(C(=O)NCCC(C)O)nn2)cc1. The van der Waals surface area contributed by atoms with Crippen LogP contribution in [0.3, 0.4) is 0 Å². The Kier molecular flexibility index (Phi) is 4.47. The molecule has 2 N–H and O–H groups in total. The van der Waals surface area contributed by atoms with E-state index in [2.05, 4.69) is 15.6 Å². The van der Waals surface area contributed by atoms with Gasteiger partial charge in [-0.05, 0) is 32.4 Å². The van der Waals surface area contributed by atoms with Gasteiger partial charge in [0.25, 0.3) is 5.91 Å². The Hall–Kier alpha value is -2.21. The van der Waals surface area contributed by atoms with E-state index < -0.39 is 6.10 Å². The summed E-state index contributed by atoms with van der Waals surface area (Å²) in [6.07, 6.45) is 1.67. The van der Waals surface area contributed by atoms with Gasteiger partial charge in [0.1, 0.15) is 0 Å². The molecule has 1 atom stereocenters. The van der Waals surface area contributed by atoms with E-state index in [9.17, 15) is 4.79 Å². The van der Waals surface area contributed by atoms with Crippen LogP contribution in [0.4, 0.5) is 0 Å². The second-order valence-corrected chi connectivity index (χ2v) is 4.78. The number of hydrogen-bond donors (Lipinski definition) is 2. The number of nitrogens with zero attached hydrogens (tertiary/aromatic N) is 3. The highest BCUT2D eigenvalue weighted by Crippen LogP contribution is 2.08. The summed E-state index contributed by atoms with van der Waals surface area (Å²) in [6, 6.07) is 7.77. The van der Waals surface area contributed by atoms with Crippen LogP contribution in [0.2, 0.25) is 0 Å². The molecule has 0 aliphatic heterocycles. The highest BCUT2D eigenvalue weighted by Gasteiger charge is 2.11. The maximum Gasteiger partial charge on any atom is 0.273 e. The molecule has 0 fully saturated rings. The summed E-state index contributed by atoms with van der Waals surface area (Å²) >= 11 is 0. The van der Waals surface area contributed by atoms with E-state index in [0.717, 1.165) is 11.3 Å². The third kappa shape index (κ3) is 3.64. The van der Waals surface area contributed by atoms with Crippen molar-refractivity contribution in [1.82, 2.24) is 20.3 Å². The van der Waals surface area contributed by atoms with Gasteiger partial charge in [0.05, 0.1) is 18.0 Å². The number of aryl methyl sites for hydroxylation is 1. The van der Waals surface area contributed by atoms with Gasteiger partial charge in [-0.1, -0.05) is 22.9 Å². The van der Waals surface area contributed by atoms with Gasteiger partial charge in [-0.2, -0.15) is 0 Å². The minimum Gasteiger partial charge on any atom is -0.393 e. The van der Waals surface area contributed by atoms with Crippen LogP contribution in [0.25, 0.3) is 5.69 Å². The zero-order valence-corrected chi connectivity index (χ0v) is 11.6. The molecule has 0 saturated heterocycles. The summed E-state index contributed by atoms with van der Waals surface area (Å²) in [7, 11) is 0. The molecule has 0 bridgehead atoms. The van der Waals surface area contributed by atoms with Crippen molar-refractivity contribution in [2.24, 2.45) is 0 Å². The number of carbonyl (C=O) groups is 1. The topological polar surface area (TPSA) is 80.0 Å². The molecule has 2 aromatic rings. The zero-order chi connectivity index (χ0) is 14.5. The Bertz CT molecular complexity index is 575. The van der Waals surface area contributed by atoms with Gasteiger partial charge in [0, 0.05) is 6.54 Å². The van der Waals surface area contributed by atoms with Crippen molar-refractivity contribution in [3.05, 3.63) is 41.7 Å². The van der Waals surface area contributed by atoms with Crippen LogP contribution in [0, 0.1) is 6.92 Å². The summed E-state index contributed by atoms with van der Waals surface area (Å²) in [6.45, 7) is 4.10. The van der Waals surface area contributed by atoms with Crippen molar-refractivity contribution >= 4 is 5.91 Å². The number of hydrogen-bond acceptors (Lipinski definition) is 4. The fourth-order valence-electron chi connectivity index (χ4n) is 1.68. The molecule has 0 spiro atoms. The lowest BCUT2D eigenvalue weighted by molar-refractivity contribution is 0.0940. The number of carbonyl (C=O) groups excluding carboxylic acids is 1. The van der Waals surface area contributed by atoms with Crippen LogP contribution in [-0.2, 0) is 0 Å². The minimum atomic E-state index is -0.432. The fourth-order valence-corrected chi connectivity index (χ4v) is 1.68. The van der Waals surface area contributed by atoms with Gasteiger partial charge in [0.15, 0.2) is 5.69 Å². The quantitative estimate of drug-likeness (QED) is 0.855. The number of nitrogens with one attached hydrogen (secondary N) is 1. The number of rotatable bonds is 5. The Balaban J connectivity index is 2.01. The lowest BCUT2D eigenvalue weighted by Gasteiger charge is -2.04. The standard InChI is InChI=1S/C14H18N4O2/c1-10-3-5-12(6-4-10)18-9-13(16-17-18)14(20)15-8-7-11(2)19/h3-6,9,11,19H,7-8H2,1-2H3,(H,15,20). The van der Waals surface area contributed by atoms with Gasteiger partial charge in [-0.3, -0.25) is 4.79 Å². The summed E-state index contributed by atoms with van der Waals surface area (Å²) in [5, 5.41) is 19.6.